The molecule has 0 N–H and O–H groups in total. The van der Waals surface area contributed by atoms with Gasteiger partial charge in [-0.3, -0.25) is 19.2 Å². The summed E-state index contributed by atoms with van der Waals surface area (Å²) in [6, 6.07) is 0. The number of ether oxygens (including phenoxy) is 6. The lowest BCUT2D eigenvalue weighted by molar-refractivity contribution is -0.162. The van der Waals surface area contributed by atoms with Crippen molar-refractivity contribution < 1.29 is 47.6 Å². The van der Waals surface area contributed by atoms with Crippen LogP contribution >= 0.6 is 0 Å². The highest BCUT2D eigenvalue weighted by Gasteiger charge is 2.54. The molecule has 0 bridgehead atoms. The number of epoxide rings is 2. The Morgan fingerprint density at radius 3 is 0.824 bits per heavy atom. The predicted octanol–water partition coefficient (Wildman–Crippen LogP) is 8.20. The van der Waals surface area contributed by atoms with E-state index in [1.807, 2.05) is 0 Å². The Morgan fingerprint density at radius 1 is 0.373 bits per heavy atom. The molecule has 2 saturated carbocycles. The lowest BCUT2D eigenvalue weighted by atomic mass is 9.79. The first-order valence-corrected chi connectivity index (χ1v) is 20.9. The number of fused-ring (bicyclic) bond motifs is 2. The van der Waals surface area contributed by atoms with E-state index in [0.717, 1.165) is 89.9 Å². The van der Waals surface area contributed by atoms with E-state index in [-0.39, 0.29) is 48.3 Å². The van der Waals surface area contributed by atoms with Crippen LogP contribution in [0.4, 0.5) is 0 Å². The molecule has 4 aliphatic rings. The zero-order valence-corrected chi connectivity index (χ0v) is 31.8. The largest absolute Gasteiger partial charge is 0.465 e. The van der Waals surface area contributed by atoms with Gasteiger partial charge in [0.25, 0.3) is 0 Å². The van der Waals surface area contributed by atoms with E-state index in [9.17, 15) is 19.2 Å². The Balaban J connectivity index is 0.945. The molecule has 4 fully saturated rings. The van der Waals surface area contributed by atoms with Crippen LogP contribution in [0, 0.1) is 23.7 Å². The molecule has 2 heterocycles. The van der Waals surface area contributed by atoms with Gasteiger partial charge in [0, 0.05) is 0 Å². The van der Waals surface area contributed by atoms with Crippen LogP contribution in [-0.4, -0.2) is 74.7 Å². The molecule has 0 aromatic heterocycles. The van der Waals surface area contributed by atoms with E-state index in [4.69, 9.17) is 28.4 Å². The lowest BCUT2D eigenvalue weighted by Gasteiger charge is -2.26. The van der Waals surface area contributed by atoms with Gasteiger partial charge in [-0.05, 0) is 51.4 Å². The molecule has 10 heteroatoms. The van der Waals surface area contributed by atoms with Crippen LogP contribution < -0.4 is 0 Å². The molecule has 0 aromatic carbocycles. The van der Waals surface area contributed by atoms with Gasteiger partial charge in [0.05, 0.1) is 74.5 Å². The van der Waals surface area contributed by atoms with E-state index in [1.54, 1.807) is 0 Å². The summed E-state index contributed by atoms with van der Waals surface area (Å²) in [6.45, 7) is 5.95. The third kappa shape index (κ3) is 15.0. The summed E-state index contributed by atoms with van der Waals surface area (Å²) in [7, 11) is 0. The van der Waals surface area contributed by atoms with E-state index in [0.29, 0.717) is 52.1 Å². The van der Waals surface area contributed by atoms with Crippen molar-refractivity contribution in [2.24, 2.45) is 23.7 Å². The Kier molecular flexibility index (Phi) is 19.1. The number of carbonyl (C=O) groups excluding carboxylic acids is 4. The van der Waals surface area contributed by atoms with Crippen molar-refractivity contribution in [2.75, 3.05) is 26.4 Å². The fourth-order valence-corrected chi connectivity index (χ4v) is 7.86. The average molecular weight is 721 g/mol. The Hall–Kier alpha value is -2.20. The molecule has 0 radical (unpaired) electrons. The highest BCUT2D eigenvalue weighted by molar-refractivity contribution is 5.83. The van der Waals surface area contributed by atoms with Crippen molar-refractivity contribution in [1.82, 2.24) is 0 Å². The zero-order valence-electron chi connectivity index (χ0n) is 31.8. The van der Waals surface area contributed by atoms with Gasteiger partial charge in [-0.1, -0.05) is 110 Å². The SMILES string of the molecule is CCCCCCOC(=O)C1CC2OC2CC1C(=O)OCCCCCCCCCCCCCOC(=O)C1CC2OC2CC1C(=O)OCCCCCC. The van der Waals surface area contributed by atoms with Gasteiger partial charge in [0.1, 0.15) is 0 Å². The van der Waals surface area contributed by atoms with Crippen molar-refractivity contribution in [1.29, 1.82) is 0 Å². The summed E-state index contributed by atoms with van der Waals surface area (Å²) in [5, 5.41) is 0. The summed E-state index contributed by atoms with van der Waals surface area (Å²) >= 11 is 0. The van der Waals surface area contributed by atoms with Crippen molar-refractivity contribution in [2.45, 2.75) is 186 Å². The number of rotatable bonds is 28. The Labute approximate surface area is 307 Å². The van der Waals surface area contributed by atoms with E-state index in [1.165, 1.54) is 32.1 Å². The molecule has 2 aliphatic carbocycles. The summed E-state index contributed by atoms with van der Waals surface area (Å²) in [5.74, 6) is -2.90. The quantitative estimate of drug-likeness (QED) is 0.0337. The molecule has 10 nitrogen and oxygen atoms in total. The Bertz CT molecular complexity index is 967. The second kappa shape index (κ2) is 23.5. The minimum Gasteiger partial charge on any atom is -0.465 e. The lowest BCUT2D eigenvalue weighted by Crippen LogP contribution is -2.37. The molecule has 8 atom stereocenters. The smallest absolute Gasteiger partial charge is 0.309 e. The van der Waals surface area contributed by atoms with Gasteiger partial charge < -0.3 is 28.4 Å². The molecule has 2 aliphatic heterocycles. The first-order valence-electron chi connectivity index (χ1n) is 20.9. The van der Waals surface area contributed by atoms with Crippen LogP contribution in [0.15, 0.2) is 0 Å². The van der Waals surface area contributed by atoms with Crippen LogP contribution in [0.25, 0.3) is 0 Å². The first kappa shape index (κ1) is 41.6. The van der Waals surface area contributed by atoms with Crippen LogP contribution in [0.3, 0.4) is 0 Å². The van der Waals surface area contributed by atoms with Crippen LogP contribution in [-0.2, 0) is 47.6 Å². The van der Waals surface area contributed by atoms with E-state index < -0.39 is 23.7 Å². The minimum absolute atomic E-state index is 0.0892. The number of hydrogen-bond acceptors (Lipinski definition) is 10. The van der Waals surface area contributed by atoms with Gasteiger partial charge in [-0.2, -0.15) is 0 Å². The Morgan fingerprint density at radius 2 is 0.588 bits per heavy atom. The molecule has 51 heavy (non-hydrogen) atoms. The summed E-state index contributed by atoms with van der Waals surface area (Å²) in [5.41, 5.74) is 0. The monoisotopic (exact) mass is 720 g/mol. The van der Waals surface area contributed by atoms with Crippen LogP contribution in [0.5, 0.6) is 0 Å². The third-order valence-corrected chi connectivity index (χ3v) is 11.3. The maximum Gasteiger partial charge on any atom is 0.309 e. The standard InChI is InChI=1S/C41H68O10/c1-3-5-7-18-22-46-38(42)30-26-34-36(50-34)28-32(30)40(44)48-24-20-16-14-12-10-9-11-13-15-17-21-25-49-41(45)33-29-37-35(51-37)27-31(33)39(43)47-23-19-8-6-4-2/h30-37H,3-29H2,1-2H3. The predicted molar refractivity (Wildman–Crippen MR) is 193 cm³/mol. The molecule has 8 unspecified atom stereocenters. The summed E-state index contributed by atoms with van der Waals surface area (Å²) < 4.78 is 33.5. The van der Waals surface area contributed by atoms with Crippen molar-refractivity contribution in [3.8, 4) is 0 Å². The zero-order chi connectivity index (χ0) is 36.3. The molecule has 0 amide bonds. The van der Waals surface area contributed by atoms with Gasteiger partial charge in [0.2, 0.25) is 0 Å². The highest BCUT2D eigenvalue weighted by atomic mass is 16.6. The van der Waals surface area contributed by atoms with Crippen molar-refractivity contribution in [3.05, 3.63) is 0 Å². The van der Waals surface area contributed by atoms with Crippen molar-refractivity contribution >= 4 is 23.9 Å². The van der Waals surface area contributed by atoms with E-state index in [2.05, 4.69) is 13.8 Å². The van der Waals surface area contributed by atoms with Crippen LogP contribution in [0.2, 0.25) is 0 Å². The van der Waals surface area contributed by atoms with Crippen molar-refractivity contribution in [3.63, 3.8) is 0 Å². The summed E-state index contributed by atoms with van der Waals surface area (Å²) in [4.78, 5) is 51.2. The molecular weight excluding hydrogens is 652 g/mol. The second-order valence-corrected chi connectivity index (χ2v) is 15.5. The van der Waals surface area contributed by atoms with E-state index >= 15 is 0 Å². The topological polar surface area (TPSA) is 130 Å². The molecule has 292 valence electrons. The van der Waals surface area contributed by atoms with Gasteiger partial charge in [0.15, 0.2) is 0 Å². The third-order valence-electron chi connectivity index (χ3n) is 11.3. The fraction of sp³-hybridized carbons (Fsp3) is 0.902. The highest BCUT2D eigenvalue weighted by Crippen LogP contribution is 2.45. The fourth-order valence-electron chi connectivity index (χ4n) is 7.86. The average Bonchev–Trinajstić information content (AvgIpc) is 4.07. The summed E-state index contributed by atoms with van der Waals surface area (Å²) in [6.07, 6.45) is 23.0. The minimum atomic E-state index is -0.454. The maximum absolute atomic E-state index is 12.9. The van der Waals surface area contributed by atoms with Gasteiger partial charge in [-0.15, -0.1) is 0 Å². The number of hydrogen-bond donors (Lipinski definition) is 0. The molecule has 0 spiro atoms. The maximum atomic E-state index is 12.9. The van der Waals surface area contributed by atoms with Gasteiger partial charge >= 0.3 is 23.9 Å². The van der Waals surface area contributed by atoms with Gasteiger partial charge in [-0.25, -0.2) is 0 Å². The van der Waals surface area contributed by atoms with Crippen LogP contribution in [0.1, 0.15) is 162 Å². The molecular formula is C41H68O10. The number of esters is 4. The first-order chi connectivity index (χ1) is 24.9. The molecule has 4 rings (SSSR count). The number of unbranched alkanes of at least 4 members (excludes halogenated alkanes) is 16. The normalized spacial score (nSPS) is 27.5. The molecule has 2 saturated heterocycles. The number of carbonyl (C=O) groups is 4. The second-order valence-electron chi connectivity index (χ2n) is 15.5. The molecule has 0 aromatic rings.